The molecular weight excluding hydrogens is 370 g/mol. The second-order valence-electron chi connectivity index (χ2n) is 9.21. The summed E-state index contributed by atoms with van der Waals surface area (Å²) in [6, 6.07) is 9.88. The quantitative estimate of drug-likeness (QED) is 0.718. The van der Waals surface area contributed by atoms with Gasteiger partial charge in [-0.05, 0) is 83.3 Å². The highest BCUT2D eigenvalue weighted by Gasteiger charge is 2.48. The number of aliphatic hydroxyl groups is 1. The summed E-state index contributed by atoms with van der Waals surface area (Å²) in [4.78, 5) is 5.07. The summed E-state index contributed by atoms with van der Waals surface area (Å²) in [5, 5.41) is 14.8. The molecule has 0 aromatic heterocycles. The SMILES string of the molecule is CCN1[C@H](c2ccc(Cl)cc2)[C@H](CNC2CCN(C(C)C)CC2)C[C@]1(C)CO. The first-order chi connectivity index (χ1) is 13.4. The molecule has 28 heavy (non-hydrogen) atoms. The van der Waals surface area contributed by atoms with Crippen molar-refractivity contribution in [2.75, 3.05) is 32.8 Å². The Hall–Kier alpha value is -0.650. The van der Waals surface area contributed by atoms with Crippen LogP contribution in [0.1, 0.15) is 58.6 Å². The zero-order valence-electron chi connectivity index (χ0n) is 18.0. The minimum Gasteiger partial charge on any atom is -0.394 e. The molecule has 0 aliphatic carbocycles. The monoisotopic (exact) mass is 407 g/mol. The van der Waals surface area contributed by atoms with Crippen LogP contribution in [0.15, 0.2) is 24.3 Å². The molecule has 2 aliphatic rings. The van der Waals surface area contributed by atoms with Gasteiger partial charge >= 0.3 is 0 Å². The lowest BCUT2D eigenvalue weighted by Crippen LogP contribution is -2.46. The Bertz CT molecular complexity index is 615. The number of aliphatic hydroxyl groups excluding tert-OH is 1. The first kappa shape index (κ1) is 22.0. The molecule has 3 rings (SSSR count). The topological polar surface area (TPSA) is 38.7 Å². The molecule has 0 spiro atoms. The van der Waals surface area contributed by atoms with E-state index in [0.29, 0.717) is 24.0 Å². The van der Waals surface area contributed by atoms with Crippen molar-refractivity contribution in [1.82, 2.24) is 15.1 Å². The third-order valence-electron chi connectivity index (χ3n) is 7.00. The molecule has 1 aromatic rings. The molecule has 0 radical (unpaired) electrons. The van der Waals surface area contributed by atoms with Gasteiger partial charge in [-0.1, -0.05) is 30.7 Å². The lowest BCUT2D eigenvalue weighted by Gasteiger charge is -2.37. The van der Waals surface area contributed by atoms with Gasteiger partial charge in [-0.3, -0.25) is 4.90 Å². The molecule has 158 valence electrons. The maximum Gasteiger partial charge on any atom is 0.0613 e. The van der Waals surface area contributed by atoms with Crippen molar-refractivity contribution in [2.45, 2.75) is 70.6 Å². The second-order valence-corrected chi connectivity index (χ2v) is 9.65. The van der Waals surface area contributed by atoms with Crippen LogP contribution in [0.25, 0.3) is 0 Å². The van der Waals surface area contributed by atoms with Gasteiger partial charge in [0.15, 0.2) is 0 Å². The zero-order valence-corrected chi connectivity index (χ0v) is 18.8. The summed E-state index contributed by atoms with van der Waals surface area (Å²) >= 11 is 6.14. The number of likely N-dealkylation sites (N-methyl/N-ethyl adjacent to an activating group) is 1. The predicted octanol–water partition coefficient (Wildman–Crippen LogP) is 3.94. The molecular formula is C23H38ClN3O. The molecule has 0 saturated carbocycles. The third-order valence-corrected chi connectivity index (χ3v) is 7.25. The molecule has 2 saturated heterocycles. The van der Waals surface area contributed by atoms with Gasteiger partial charge in [0.2, 0.25) is 0 Å². The van der Waals surface area contributed by atoms with E-state index in [1.807, 2.05) is 12.1 Å². The molecule has 4 nitrogen and oxygen atoms in total. The van der Waals surface area contributed by atoms with Gasteiger partial charge in [0.25, 0.3) is 0 Å². The highest BCUT2D eigenvalue weighted by molar-refractivity contribution is 6.30. The average Bonchev–Trinajstić information content (AvgIpc) is 2.99. The summed E-state index contributed by atoms with van der Waals surface area (Å²) in [7, 11) is 0. The van der Waals surface area contributed by atoms with E-state index in [1.54, 1.807) is 0 Å². The fraction of sp³-hybridized carbons (Fsp3) is 0.739. The molecule has 2 N–H and O–H groups in total. The van der Waals surface area contributed by atoms with Crippen LogP contribution in [0.2, 0.25) is 5.02 Å². The van der Waals surface area contributed by atoms with Crippen molar-refractivity contribution in [3.05, 3.63) is 34.9 Å². The predicted molar refractivity (Wildman–Crippen MR) is 118 cm³/mol. The smallest absolute Gasteiger partial charge is 0.0613 e. The van der Waals surface area contributed by atoms with Gasteiger partial charge in [0.05, 0.1) is 6.61 Å². The van der Waals surface area contributed by atoms with E-state index in [2.05, 4.69) is 54.9 Å². The maximum atomic E-state index is 10.2. The fourth-order valence-electron chi connectivity index (χ4n) is 5.35. The number of halogens is 1. The number of nitrogens with zero attached hydrogens (tertiary/aromatic N) is 2. The van der Waals surface area contributed by atoms with Crippen molar-refractivity contribution >= 4 is 11.6 Å². The van der Waals surface area contributed by atoms with E-state index >= 15 is 0 Å². The highest BCUT2D eigenvalue weighted by atomic mass is 35.5. The average molecular weight is 408 g/mol. The Balaban J connectivity index is 1.69. The van der Waals surface area contributed by atoms with Crippen molar-refractivity contribution in [3.63, 3.8) is 0 Å². The summed E-state index contributed by atoms with van der Waals surface area (Å²) < 4.78 is 0. The second kappa shape index (κ2) is 9.44. The molecule has 2 aliphatic heterocycles. The van der Waals surface area contributed by atoms with Crippen molar-refractivity contribution in [1.29, 1.82) is 0 Å². The summed E-state index contributed by atoms with van der Waals surface area (Å²) in [5.74, 6) is 0.487. The number of benzene rings is 1. The Kier molecular flexibility index (Phi) is 7.43. The van der Waals surface area contributed by atoms with E-state index < -0.39 is 0 Å². The molecule has 0 unspecified atom stereocenters. The third kappa shape index (κ3) is 4.73. The van der Waals surface area contributed by atoms with Crippen LogP contribution < -0.4 is 5.32 Å². The molecule has 1 aromatic carbocycles. The largest absolute Gasteiger partial charge is 0.394 e. The Morgan fingerprint density at radius 2 is 1.86 bits per heavy atom. The number of hydrogen-bond donors (Lipinski definition) is 2. The van der Waals surface area contributed by atoms with Crippen LogP contribution in [-0.4, -0.2) is 65.3 Å². The number of nitrogens with one attached hydrogen (secondary N) is 1. The summed E-state index contributed by atoms with van der Waals surface area (Å²) in [5.41, 5.74) is 1.15. The molecule has 5 heteroatoms. The van der Waals surface area contributed by atoms with Gasteiger partial charge in [0, 0.05) is 35.2 Å². The number of piperidine rings is 1. The van der Waals surface area contributed by atoms with Gasteiger partial charge < -0.3 is 15.3 Å². The Morgan fingerprint density at radius 3 is 2.39 bits per heavy atom. The minimum absolute atomic E-state index is 0.160. The van der Waals surface area contributed by atoms with E-state index in [-0.39, 0.29) is 12.1 Å². The van der Waals surface area contributed by atoms with Crippen LogP contribution >= 0.6 is 11.6 Å². The van der Waals surface area contributed by atoms with Crippen LogP contribution in [0.4, 0.5) is 0 Å². The lowest BCUT2D eigenvalue weighted by molar-refractivity contribution is 0.0578. The number of rotatable bonds is 7. The fourth-order valence-corrected chi connectivity index (χ4v) is 5.48. The van der Waals surface area contributed by atoms with Crippen molar-refractivity contribution in [2.24, 2.45) is 5.92 Å². The first-order valence-electron chi connectivity index (χ1n) is 11.0. The summed E-state index contributed by atoms with van der Waals surface area (Å²) in [6.45, 7) is 13.5. The van der Waals surface area contributed by atoms with Gasteiger partial charge in [0.1, 0.15) is 0 Å². The number of hydrogen-bond acceptors (Lipinski definition) is 4. The highest BCUT2D eigenvalue weighted by Crippen LogP contribution is 2.46. The minimum atomic E-state index is -0.160. The maximum absolute atomic E-state index is 10.2. The van der Waals surface area contributed by atoms with E-state index in [1.165, 1.54) is 31.5 Å². The molecule has 3 atom stereocenters. The van der Waals surface area contributed by atoms with Crippen molar-refractivity contribution in [3.8, 4) is 0 Å². The van der Waals surface area contributed by atoms with Crippen molar-refractivity contribution < 1.29 is 5.11 Å². The Labute approximate surface area is 176 Å². The van der Waals surface area contributed by atoms with E-state index in [0.717, 1.165) is 24.5 Å². The molecule has 2 fully saturated rings. The Morgan fingerprint density at radius 1 is 1.21 bits per heavy atom. The van der Waals surface area contributed by atoms with E-state index in [9.17, 15) is 5.11 Å². The standard InChI is InChI=1S/C23H38ClN3O/c1-5-27-22(18-6-8-20(24)9-7-18)19(14-23(27,4)16-28)15-25-21-10-12-26(13-11-21)17(2)3/h6-9,17,19,21-22,25,28H,5,10-16H2,1-4H3/t19-,22+,23+/m0/s1. The first-order valence-corrected chi connectivity index (χ1v) is 11.4. The number of likely N-dealkylation sites (tertiary alicyclic amines) is 2. The van der Waals surface area contributed by atoms with Gasteiger partial charge in [-0.15, -0.1) is 0 Å². The molecule has 0 bridgehead atoms. The van der Waals surface area contributed by atoms with Crippen LogP contribution in [0, 0.1) is 5.92 Å². The summed E-state index contributed by atoms with van der Waals surface area (Å²) in [6.07, 6.45) is 3.47. The molecule has 0 amide bonds. The van der Waals surface area contributed by atoms with Gasteiger partial charge in [-0.2, -0.15) is 0 Å². The van der Waals surface area contributed by atoms with Gasteiger partial charge in [-0.25, -0.2) is 0 Å². The van der Waals surface area contributed by atoms with E-state index in [4.69, 9.17) is 11.6 Å². The molecule has 2 heterocycles. The lowest BCUT2D eigenvalue weighted by atomic mass is 9.90. The van der Waals surface area contributed by atoms with Crippen LogP contribution in [-0.2, 0) is 0 Å². The zero-order chi connectivity index (χ0) is 20.3. The van der Waals surface area contributed by atoms with Crippen LogP contribution in [0.3, 0.4) is 0 Å². The van der Waals surface area contributed by atoms with Crippen LogP contribution in [0.5, 0.6) is 0 Å². The normalized spacial score (nSPS) is 30.4.